The minimum Gasteiger partial charge on any atom is -0.352 e. The molecule has 3 N–H and O–H groups in total. The first kappa shape index (κ1) is 12.7. The highest BCUT2D eigenvalue weighted by atomic mass is 35.5. The van der Waals surface area contributed by atoms with E-state index in [0.717, 1.165) is 12.8 Å². The van der Waals surface area contributed by atoms with Gasteiger partial charge in [0.2, 0.25) is 5.91 Å². The van der Waals surface area contributed by atoms with Gasteiger partial charge in [0.1, 0.15) is 0 Å². The number of rotatable bonds is 2. The molecule has 0 unspecified atom stereocenters. The fourth-order valence-corrected chi connectivity index (χ4v) is 0.912. The number of nitrogens with one attached hydrogen (secondary N) is 1. The van der Waals surface area contributed by atoms with E-state index in [-0.39, 0.29) is 23.7 Å². The van der Waals surface area contributed by atoms with Crippen LogP contribution in [0.1, 0.15) is 33.6 Å². The highest BCUT2D eigenvalue weighted by Crippen LogP contribution is 2.21. The van der Waals surface area contributed by atoms with E-state index in [1.807, 2.05) is 20.8 Å². The Morgan fingerprint density at radius 2 is 1.92 bits per heavy atom. The van der Waals surface area contributed by atoms with Gasteiger partial charge in [0.25, 0.3) is 0 Å². The molecule has 1 fully saturated rings. The topological polar surface area (TPSA) is 55.1 Å². The van der Waals surface area contributed by atoms with Crippen LogP contribution < -0.4 is 11.1 Å². The van der Waals surface area contributed by atoms with E-state index in [0.29, 0.717) is 6.04 Å². The number of carbonyl (C=O) groups excluding carboxylic acids is 1. The van der Waals surface area contributed by atoms with Gasteiger partial charge in [0, 0.05) is 6.04 Å². The third-order valence-corrected chi connectivity index (χ3v) is 2.14. The molecule has 0 aromatic rings. The van der Waals surface area contributed by atoms with Crippen LogP contribution in [0, 0.1) is 5.41 Å². The smallest absolute Gasteiger partial charge is 0.237 e. The van der Waals surface area contributed by atoms with Crippen molar-refractivity contribution in [2.45, 2.75) is 45.7 Å². The van der Waals surface area contributed by atoms with E-state index < -0.39 is 6.04 Å². The predicted octanol–water partition coefficient (Wildman–Crippen LogP) is 1.06. The fraction of sp³-hybridized carbons (Fsp3) is 0.889. The summed E-state index contributed by atoms with van der Waals surface area (Å²) in [4.78, 5) is 11.4. The largest absolute Gasteiger partial charge is 0.352 e. The third-order valence-electron chi connectivity index (χ3n) is 2.14. The average Bonchev–Trinajstić information content (AvgIpc) is 2.68. The lowest BCUT2D eigenvalue weighted by atomic mass is 9.87. The Kier molecular flexibility index (Phi) is 4.20. The van der Waals surface area contributed by atoms with Gasteiger partial charge in [-0.25, -0.2) is 0 Å². The zero-order valence-electron chi connectivity index (χ0n) is 8.46. The van der Waals surface area contributed by atoms with E-state index in [4.69, 9.17) is 5.73 Å². The highest BCUT2D eigenvalue weighted by molar-refractivity contribution is 5.85. The molecular weight excluding hydrogens is 188 g/mol. The molecule has 0 bridgehead atoms. The van der Waals surface area contributed by atoms with Crippen molar-refractivity contribution in [1.82, 2.24) is 5.32 Å². The molecule has 3 nitrogen and oxygen atoms in total. The molecule has 1 atom stereocenters. The van der Waals surface area contributed by atoms with Crippen LogP contribution in [0.25, 0.3) is 0 Å². The summed E-state index contributed by atoms with van der Waals surface area (Å²) < 4.78 is 0. The van der Waals surface area contributed by atoms with E-state index in [1.54, 1.807) is 0 Å². The summed E-state index contributed by atoms with van der Waals surface area (Å²) in [7, 11) is 0. The zero-order chi connectivity index (χ0) is 9.35. The lowest BCUT2D eigenvalue weighted by Crippen LogP contribution is -2.49. The van der Waals surface area contributed by atoms with Crippen LogP contribution in [0.3, 0.4) is 0 Å². The summed E-state index contributed by atoms with van der Waals surface area (Å²) in [5.41, 5.74) is 5.62. The summed E-state index contributed by atoms with van der Waals surface area (Å²) >= 11 is 0. The number of carbonyl (C=O) groups is 1. The molecule has 78 valence electrons. The minimum atomic E-state index is -0.391. The van der Waals surface area contributed by atoms with Crippen molar-refractivity contribution in [1.29, 1.82) is 0 Å². The first-order valence-electron chi connectivity index (χ1n) is 4.47. The number of amides is 1. The van der Waals surface area contributed by atoms with Crippen molar-refractivity contribution >= 4 is 18.3 Å². The van der Waals surface area contributed by atoms with Crippen LogP contribution in [0.2, 0.25) is 0 Å². The van der Waals surface area contributed by atoms with Crippen LogP contribution in [0.5, 0.6) is 0 Å². The Morgan fingerprint density at radius 3 is 2.23 bits per heavy atom. The van der Waals surface area contributed by atoms with Crippen molar-refractivity contribution in [2.75, 3.05) is 0 Å². The van der Waals surface area contributed by atoms with E-state index in [2.05, 4.69) is 5.32 Å². The number of hydrogen-bond donors (Lipinski definition) is 2. The molecule has 1 rings (SSSR count). The SMILES string of the molecule is CC(C)(C)[C@@H](N)C(=O)NC1CC1.Cl. The maximum atomic E-state index is 11.4. The van der Waals surface area contributed by atoms with Gasteiger partial charge in [-0.15, -0.1) is 12.4 Å². The summed E-state index contributed by atoms with van der Waals surface area (Å²) in [6.45, 7) is 5.93. The predicted molar refractivity (Wildman–Crippen MR) is 55.8 cm³/mol. The van der Waals surface area contributed by atoms with Crippen LogP contribution >= 0.6 is 12.4 Å². The summed E-state index contributed by atoms with van der Waals surface area (Å²) in [6, 6.07) is 0.0176. The molecule has 1 aliphatic rings. The van der Waals surface area contributed by atoms with Gasteiger partial charge in [-0.3, -0.25) is 4.79 Å². The van der Waals surface area contributed by atoms with Crippen LogP contribution in [-0.4, -0.2) is 18.0 Å². The lowest BCUT2D eigenvalue weighted by Gasteiger charge is -2.25. The summed E-state index contributed by atoms with van der Waals surface area (Å²) in [6.07, 6.45) is 2.23. The Morgan fingerprint density at radius 1 is 1.46 bits per heavy atom. The first-order chi connectivity index (χ1) is 5.41. The van der Waals surface area contributed by atoms with Crippen molar-refractivity contribution in [3.05, 3.63) is 0 Å². The van der Waals surface area contributed by atoms with E-state index >= 15 is 0 Å². The molecule has 0 heterocycles. The van der Waals surface area contributed by atoms with Crippen molar-refractivity contribution in [3.8, 4) is 0 Å². The number of halogens is 1. The molecule has 1 amide bonds. The van der Waals surface area contributed by atoms with Gasteiger partial charge in [-0.05, 0) is 18.3 Å². The minimum absolute atomic E-state index is 0. The number of hydrogen-bond acceptors (Lipinski definition) is 2. The summed E-state index contributed by atoms with van der Waals surface area (Å²) in [5, 5.41) is 2.90. The molecule has 0 aromatic carbocycles. The molecule has 4 heteroatoms. The fourth-order valence-electron chi connectivity index (χ4n) is 0.912. The quantitative estimate of drug-likeness (QED) is 0.710. The Hall–Kier alpha value is -0.280. The Balaban J connectivity index is 0.00000144. The van der Waals surface area contributed by atoms with Gasteiger partial charge >= 0.3 is 0 Å². The molecule has 1 aliphatic carbocycles. The Bertz CT molecular complexity index is 185. The molecule has 0 aromatic heterocycles. The molecule has 0 saturated heterocycles. The third kappa shape index (κ3) is 3.96. The average molecular weight is 207 g/mol. The van der Waals surface area contributed by atoms with Crippen molar-refractivity contribution in [3.63, 3.8) is 0 Å². The highest BCUT2D eigenvalue weighted by Gasteiger charge is 2.31. The lowest BCUT2D eigenvalue weighted by molar-refractivity contribution is -0.124. The second-order valence-electron chi connectivity index (χ2n) is 4.63. The summed E-state index contributed by atoms with van der Waals surface area (Å²) in [5.74, 6) is -0.00926. The second-order valence-corrected chi connectivity index (χ2v) is 4.63. The molecule has 0 spiro atoms. The van der Waals surface area contributed by atoms with E-state index in [9.17, 15) is 4.79 Å². The van der Waals surface area contributed by atoms with Crippen LogP contribution in [0.4, 0.5) is 0 Å². The van der Waals surface area contributed by atoms with Gasteiger partial charge < -0.3 is 11.1 Å². The molecule has 0 radical (unpaired) electrons. The van der Waals surface area contributed by atoms with Crippen molar-refractivity contribution < 1.29 is 4.79 Å². The molecule has 1 saturated carbocycles. The van der Waals surface area contributed by atoms with Gasteiger partial charge in [0.05, 0.1) is 6.04 Å². The van der Waals surface area contributed by atoms with Gasteiger partial charge in [-0.1, -0.05) is 20.8 Å². The Labute approximate surface area is 85.9 Å². The molecular formula is C9H19ClN2O. The van der Waals surface area contributed by atoms with Gasteiger partial charge in [0.15, 0.2) is 0 Å². The van der Waals surface area contributed by atoms with Crippen molar-refractivity contribution in [2.24, 2.45) is 11.1 Å². The maximum Gasteiger partial charge on any atom is 0.237 e. The monoisotopic (exact) mass is 206 g/mol. The standard InChI is InChI=1S/C9H18N2O.ClH/c1-9(2,3)7(10)8(12)11-6-4-5-6;/h6-7H,4-5,10H2,1-3H3,(H,11,12);1H/t7-;/m0./s1. The second kappa shape index (κ2) is 4.29. The van der Waals surface area contributed by atoms with E-state index in [1.165, 1.54) is 0 Å². The molecule has 13 heavy (non-hydrogen) atoms. The van der Waals surface area contributed by atoms with Crippen LogP contribution in [-0.2, 0) is 4.79 Å². The number of nitrogens with two attached hydrogens (primary N) is 1. The van der Waals surface area contributed by atoms with Crippen LogP contribution in [0.15, 0.2) is 0 Å². The van der Waals surface area contributed by atoms with Gasteiger partial charge in [-0.2, -0.15) is 0 Å². The maximum absolute atomic E-state index is 11.4. The normalized spacial score (nSPS) is 18.8. The zero-order valence-corrected chi connectivity index (χ0v) is 9.28. The first-order valence-corrected chi connectivity index (χ1v) is 4.47. The molecule has 0 aliphatic heterocycles.